The molecule has 1 N–H and O–H groups in total. The summed E-state index contributed by atoms with van der Waals surface area (Å²) in [6, 6.07) is 7.25. The second-order valence-electron chi connectivity index (χ2n) is 7.46. The Morgan fingerprint density at radius 3 is 2.72 bits per heavy atom. The van der Waals surface area contributed by atoms with Gasteiger partial charge < -0.3 is 14.7 Å². The van der Waals surface area contributed by atoms with Gasteiger partial charge in [-0.3, -0.25) is 14.8 Å². The van der Waals surface area contributed by atoms with Gasteiger partial charge in [0.1, 0.15) is 0 Å². The van der Waals surface area contributed by atoms with E-state index < -0.39 is 0 Å². The lowest BCUT2D eigenvalue weighted by Crippen LogP contribution is -2.36. The van der Waals surface area contributed by atoms with Crippen LogP contribution in [0.1, 0.15) is 29.1 Å². The van der Waals surface area contributed by atoms with Crippen molar-refractivity contribution in [2.45, 2.75) is 19.8 Å². The minimum absolute atomic E-state index is 0.0908. The van der Waals surface area contributed by atoms with Crippen LogP contribution in [0.15, 0.2) is 41.2 Å². The molecular formula is C21H24N6O2. The number of aryl methyl sites for hydroxylation is 1. The molecule has 0 aliphatic carbocycles. The van der Waals surface area contributed by atoms with Crippen molar-refractivity contribution in [3.8, 4) is 22.8 Å². The van der Waals surface area contributed by atoms with E-state index >= 15 is 0 Å². The number of hydrogen-bond donors (Lipinski definition) is 1. The molecule has 0 bridgehead atoms. The fourth-order valence-electron chi connectivity index (χ4n) is 3.41. The maximum absolute atomic E-state index is 12.4. The van der Waals surface area contributed by atoms with Crippen molar-refractivity contribution in [2.24, 2.45) is 5.92 Å². The zero-order chi connectivity index (χ0) is 20.2. The SMILES string of the molecule is Cc1nc(-c2ccnc(-c3ccc(C(=O)NCC4CCN(C)CC4)cn3)c2)no1. The van der Waals surface area contributed by atoms with E-state index in [2.05, 4.69) is 37.4 Å². The maximum atomic E-state index is 12.4. The summed E-state index contributed by atoms with van der Waals surface area (Å²) in [5, 5.41) is 6.97. The molecule has 0 spiro atoms. The second kappa shape index (κ2) is 8.48. The van der Waals surface area contributed by atoms with E-state index in [9.17, 15) is 4.79 Å². The third kappa shape index (κ3) is 4.65. The third-order valence-electron chi connectivity index (χ3n) is 5.22. The van der Waals surface area contributed by atoms with E-state index in [4.69, 9.17) is 4.52 Å². The molecule has 0 aromatic carbocycles. The Bertz CT molecular complexity index is 977. The van der Waals surface area contributed by atoms with Crippen LogP contribution in [0, 0.1) is 12.8 Å². The summed E-state index contributed by atoms with van der Waals surface area (Å²) < 4.78 is 5.03. The summed E-state index contributed by atoms with van der Waals surface area (Å²) in [7, 11) is 2.13. The van der Waals surface area contributed by atoms with Crippen molar-refractivity contribution in [3.63, 3.8) is 0 Å². The summed E-state index contributed by atoms with van der Waals surface area (Å²) >= 11 is 0. The van der Waals surface area contributed by atoms with Crippen LogP contribution < -0.4 is 5.32 Å². The maximum Gasteiger partial charge on any atom is 0.252 e. The van der Waals surface area contributed by atoms with Gasteiger partial charge in [-0.15, -0.1) is 0 Å². The molecule has 3 aromatic heterocycles. The van der Waals surface area contributed by atoms with Crippen LogP contribution in [0.25, 0.3) is 22.8 Å². The molecular weight excluding hydrogens is 368 g/mol. The van der Waals surface area contributed by atoms with Gasteiger partial charge in [0.2, 0.25) is 11.7 Å². The van der Waals surface area contributed by atoms with E-state index in [-0.39, 0.29) is 5.91 Å². The van der Waals surface area contributed by atoms with E-state index in [1.165, 1.54) is 0 Å². The molecule has 8 nitrogen and oxygen atoms in total. The van der Waals surface area contributed by atoms with E-state index in [0.717, 1.165) is 31.5 Å². The molecule has 3 aromatic rings. The lowest BCUT2D eigenvalue weighted by molar-refractivity contribution is 0.0938. The Kier molecular flexibility index (Phi) is 5.62. The van der Waals surface area contributed by atoms with Gasteiger partial charge in [-0.25, -0.2) is 0 Å². The number of rotatable bonds is 5. The molecule has 0 radical (unpaired) electrons. The monoisotopic (exact) mass is 392 g/mol. The Hall–Kier alpha value is -3.13. The topological polar surface area (TPSA) is 97.0 Å². The summed E-state index contributed by atoms with van der Waals surface area (Å²) in [6.45, 7) is 4.64. The van der Waals surface area contributed by atoms with E-state index in [1.807, 2.05) is 12.1 Å². The molecule has 1 aliphatic rings. The number of carbonyl (C=O) groups excluding carboxylic acids is 1. The minimum atomic E-state index is -0.0908. The standard InChI is InChI=1S/C21H24N6O2/c1-14-25-20(26-29-14)16-5-8-22-19(11-16)18-4-3-17(13-23-18)21(28)24-12-15-6-9-27(2)10-7-15/h3-5,8,11,13,15H,6-7,9-10,12H2,1-2H3,(H,24,28). The summed E-state index contributed by atoms with van der Waals surface area (Å²) in [6.07, 6.45) is 5.51. The number of aromatic nitrogens is 4. The first kappa shape index (κ1) is 19.2. The van der Waals surface area contributed by atoms with Gasteiger partial charge in [-0.05, 0) is 63.2 Å². The average Bonchev–Trinajstić information content (AvgIpc) is 3.20. The highest BCUT2D eigenvalue weighted by atomic mass is 16.5. The van der Waals surface area contributed by atoms with Gasteiger partial charge >= 0.3 is 0 Å². The molecule has 0 unspecified atom stereocenters. The fraction of sp³-hybridized carbons (Fsp3) is 0.381. The third-order valence-corrected chi connectivity index (χ3v) is 5.22. The lowest BCUT2D eigenvalue weighted by atomic mass is 9.97. The zero-order valence-electron chi connectivity index (χ0n) is 16.6. The first-order valence-corrected chi connectivity index (χ1v) is 9.78. The van der Waals surface area contributed by atoms with Crippen molar-refractivity contribution in [1.82, 2.24) is 30.3 Å². The first-order valence-electron chi connectivity index (χ1n) is 9.78. The van der Waals surface area contributed by atoms with Crippen LogP contribution in [-0.2, 0) is 0 Å². The van der Waals surface area contributed by atoms with Gasteiger partial charge in [0, 0.05) is 31.4 Å². The molecule has 4 heterocycles. The minimum Gasteiger partial charge on any atom is -0.352 e. The highest BCUT2D eigenvalue weighted by molar-refractivity contribution is 5.94. The number of carbonyl (C=O) groups is 1. The smallest absolute Gasteiger partial charge is 0.252 e. The summed E-state index contributed by atoms with van der Waals surface area (Å²) in [4.78, 5) is 27.8. The molecule has 29 heavy (non-hydrogen) atoms. The highest BCUT2D eigenvalue weighted by Gasteiger charge is 2.18. The number of piperidine rings is 1. The summed E-state index contributed by atoms with van der Waals surface area (Å²) in [5.41, 5.74) is 2.71. The van der Waals surface area contributed by atoms with Crippen molar-refractivity contribution in [1.29, 1.82) is 0 Å². The lowest BCUT2D eigenvalue weighted by Gasteiger charge is -2.28. The van der Waals surface area contributed by atoms with Gasteiger partial charge in [-0.2, -0.15) is 4.98 Å². The van der Waals surface area contributed by atoms with Crippen molar-refractivity contribution in [3.05, 3.63) is 48.1 Å². The number of nitrogens with one attached hydrogen (secondary N) is 1. The predicted molar refractivity (Wildman–Crippen MR) is 108 cm³/mol. The average molecular weight is 392 g/mol. The van der Waals surface area contributed by atoms with Crippen LogP contribution in [0.2, 0.25) is 0 Å². The number of pyridine rings is 2. The largest absolute Gasteiger partial charge is 0.352 e. The molecule has 0 atom stereocenters. The Morgan fingerprint density at radius 2 is 2.03 bits per heavy atom. The number of nitrogens with zero attached hydrogens (tertiary/aromatic N) is 5. The molecule has 1 fully saturated rings. The Balaban J connectivity index is 1.40. The van der Waals surface area contributed by atoms with Crippen molar-refractivity contribution >= 4 is 5.91 Å². The molecule has 150 valence electrons. The van der Waals surface area contributed by atoms with Crippen LogP contribution in [0.3, 0.4) is 0 Å². The molecule has 1 aliphatic heterocycles. The predicted octanol–water partition coefficient (Wildman–Crippen LogP) is 2.57. The van der Waals surface area contributed by atoms with Crippen LogP contribution >= 0.6 is 0 Å². The highest BCUT2D eigenvalue weighted by Crippen LogP contribution is 2.21. The number of hydrogen-bond acceptors (Lipinski definition) is 7. The Labute approximate surface area is 169 Å². The quantitative estimate of drug-likeness (QED) is 0.713. The van der Waals surface area contributed by atoms with Crippen molar-refractivity contribution in [2.75, 3.05) is 26.7 Å². The fourth-order valence-corrected chi connectivity index (χ4v) is 3.41. The van der Waals surface area contributed by atoms with Gasteiger partial charge in [-0.1, -0.05) is 5.16 Å². The molecule has 1 amide bonds. The normalized spacial score (nSPS) is 15.4. The zero-order valence-corrected chi connectivity index (χ0v) is 16.6. The Morgan fingerprint density at radius 1 is 1.21 bits per heavy atom. The van der Waals surface area contributed by atoms with Crippen LogP contribution in [0.5, 0.6) is 0 Å². The van der Waals surface area contributed by atoms with Crippen LogP contribution in [0.4, 0.5) is 0 Å². The van der Waals surface area contributed by atoms with Gasteiger partial charge in [0.25, 0.3) is 5.91 Å². The van der Waals surface area contributed by atoms with Gasteiger partial charge in [0.15, 0.2) is 0 Å². The van der Waals surface area contributed by atoms with Crippen molar-refractivity contribution < 1.29 is 9.32 Å². The second-order valence-corrected chi connectivity index (χ2v) is 7.46. The molecule has 8 heteroatoms. The molecule has 4 rings (SSSR count). The van der Waals surface area contributed by atoms with E-state index in [0.29, 0.717) is 41.1 Å². The molecule has 1 saturated heterocycles. The first-order chi connectivity index (χ1) is 14.1. The van der Waals surface area contributed by atoms with Gasteiger partial charge in [0.05, 0.1) is 17.0 Å². The molecule has 0 saturated carbocycles. The summed E-state index contributed by atoms with van der Waals surface area (Å²) in [5.74, 6) is 1.47. The van der Waals surface area contributed by atoms with Crippen LogP contribution in [-0.4, -0.2) is 57.6 Å². The number of amides is 1. The van der Waals surface area contributed by atoms with E-state index in [1.54, 1.807) is 31.5 Å². The number of likely N-dealkylation sites (tertiary alicyclic amines) is 1.